The predicted octanol–water partition coefficient (Wildman–Crippen LogP) is 3.96. The first kappa shape index (κ1) is 14.3. The number of nitrogens with zero attached hydrogens (tertiary/aromatic N) is 1. The molecule has 0 radical (unpaired) electrons. The van der Waals surface area contributed by atoms with E-state index in [4.69, 9.17) is 4.98 Å². The molecule has 0 amide bonds. The number of hydrogen-bond donors (Lipinski definition) is 2. The Morgan fingerprint density at radius 2 is 2.14 bits per heavy atom. The molecule has 0 unspecified atom stereocenters. The van der Waals surface area contributed by atoms with Crippen molar-refractivity contribution in [2.45, 2.75) is 39.8 Å². The van der Waals surface area contributed by atoms with Crippen molar-refractivity contribution in [3.8, 4) is 0 Å². The predicted molar refractivity (Wildman–Crippen MR) is 89.9 cm³/mol. The summed E-state index contributed by atoms with van der Waals surface area (Å²) in [4.78, 5) is 9.56. The Bertz CT molecular complexity index is 728. The molecular formula is C17H21N3S. The number of rotatable bonds is 5. The molecule has 4 heteroatoms. The molecule has 2 N–H and O–H groups in total. The third kappa shape index (κ3) is 3.17. The summed E-state index contributed by atoms with van der Waals surface area (Å²) in [7, 11) is 0. The molecule has 0 fully saturated rings. The van der Waals surface area contributed by atoms with Crippen LogP contribution in [0, 0.1) is 13.8 Å². The topological polar surface area (TPSA) is 40.7 Å². The van der Waals surface area contributed by atoms with Gasteiger partial charge in [-0.05, 0) is 55.8 Å². The maximum atomic E-state index is 4.73. The highest BCUT2D eigenvalue weighted by molar-refractivity contribution is 7.09. The smallest absolute Gasteiger partial charge is 0.121 e. The molecule has 0 bridgehead atoms. The largest absolute Gasteiger partial charge is 0.341 e. The molecule has 1 aromatic carbocycles. The van der Waals surface area contributed by atoms with Gasteiger partial charge >= 0.3 is 0 Å². The van der Waals surface area contributed by atoms with Crippen LogP contribution in [-0.2, 0) is 13.0 Å². The lowest BCUT2D eigenvalue weighted by Gasteiger charge is -2.11. The maximum absolute atomic E-state index is 4.73. The van der Waals surface area contributed by atoms with Gasteiger partial charge in [0.1, 0.15) is 5.82 Å². The minimum atomic E-state index is 0.444. The average Bonchev–Trinajstić information content (AvgIpc) is 3.10. The molecule has 2 heterocycles. The van der Waals surface area contributed by atoms with E-state index in [-0.39, 0.29) is 0 Å². The fourth-order valence-corrected chi connectivity index (χ4v) is 3.36. The summed E-state index contributed by atoms with van der Waals surface area (Å²) in [5.74, 6) is 1.01. The zero-order chi connectivity index (χ0) is 14.8. The lowest BCUT2D eigenvalue weighted by Crippen LogP contribution is -2.27. The quantitative estimate of drug-likeness (QED) is 0.748. The number of aryl methyl sites for hydroxylation is 2. The third-order valence-corrected chi connectivity index (χ3v) is 4.83. The van der Waals surface area contributed by atoms with E-state index >= 15 is 0 Å². The Labute approximate surface area is 129 Å². The minimum absolute atomic E-state index is 0.444. The number of hydrogen-bond acceptors (Lipinski definition) is 3. The Morgan fingerprint density at radius 1 is 1.29 bits per heavy atom. The van der Waals surface area contributed by atoms with Crippen LogP contribution in [0.2, 0.25) is 0 Å². The van der Waals surface area contributed by atoms with Crippen LogP contribution in [0.25, 0.3) is 11.0 Å². The van der Waals surface area contributed by atoms with Crippen LogP contribution in [0.4, 0.5) is 0 Å². The van der Waals surface area contributed by atoms with Crippen molar-refractivity contribution in [3.63, 3.8) is 0 Å². The van der Waals surface area contributed by atoms with E-state index < -0.39 is 0 Å². The summed E-state index contributed by atoms with van der Waals surface area (Å²) in [5.41, 5.74) is 4.78. The SMILES string of the molecule is Cc1ccc2[nH]c(CN[C@H](C)Cc3cccs3)nc2c1C. The highest BCUT2D eigenvalue weighted by Gasteiger charge is 2.09. The number of thiophene rings is 1. The Kier molecular flexibility index (Phi) is 4.08. The maximum Gasteiger partial charge on any atom is 0.121 e. The van der Waals surface area contributed by atoms with Gasteiger partial charge in [-0.25, -0.2) is 4.98 Å². The molecule has 21 heavy (non-hydrogen) atoms. The summed E-state index contributed by atoms with van der Waals surface area (Å²) < 4.78 is 0. The van der Waals surface area contributed by atoms with Gasteiger partial charge in [-0.1, -0.05) is 12.1 Å². The molecule has 3 nitrogen and oxygen atoms in total. The fourth-order valence-electron chi connectivity index (χ4n) is 2.52. The Balaban J connectivity index is 1.66. The normalized spacial score (nSPS) is 12.9. The van der Waals surface area contributed by atoms with E-state index in [2.05, 4.69) is 60.7 Å². The Hall–Kier alpha value is -1.65. The van der Waals surface area contributed by atoms with E-state index in [9.17, 15) is 0 Å². The standard InChI is InChI=1S/C17H21N3S/c1-11-6-7-15-17(13(11)3)20-16(19-15)10-18-12(2)9-14-5-4-8-21-14/h4-8,12,18H,9-10H2,1-3H3,(H,19,20)/t12-/m1/s1. The summed E-state index contributed by atoms with van der Waals surface area (Å²) >= 11 is 1.82. The van der Waals surface area contributed by atoms with Gasteiger partial charge in [-0.3, -0.25) is 0 Å². The van der Waals surface area contributed by atoms with Crippen molar-refractivity contribution >= 4 is 22.4 Å². The second-order valence-electron chi connectivity index (χ2n) is 5.65. The molecule has 0 saturated heterocycles. The van der Waals surface area contributed by atoms with Crippen molar-refractivity contribution in [1.29, 1.82) is 0 Å². The van der Waals surface area contributed by atoms with Gasteiger partial charge in [0, 0.05) is 10.9 Å². The highest BCUT2D eigenvalue weighted by Crippen LogP contribution is 2.19. The van der Waals surface area contributed by atoms with Crippen molar-refractivity contribution in [2.75, 3.05) is 0 Å². The van der Waals surface area contributed by atoms with E-state index in [0.29, 0.717) is 6.04 Å². The fraction of sp³-hybridized carbons (Fsp3) is 0.353. The molecule has 0 spiro atoms. The number of benzene rings is 1. The van der Waals surface area contributed by atoms with Crippen molar-refractivity contribution in [1.82, 2.24) is 15.3 Å². The van der Waals surface area contributed by atoms with Crippen LogP contribution in [0.3, 0.4) is 0 Å². The van der Waals surface area contributed by atoms with Crippen LogP contribution >= 0.6 is 11.3 Å². The molecule has 110 valence electrons. The molecule has 0 aliphatic carbocycles. The van der Waals surface area contributed by atoms with Crippen LogP contribution in [0.1, 0.15) is 28.8 Å². The molecule has 3 rings (SSSR count). The van der Waals surface area contributed by atoms with Gasteiger partial charge in [0.05, 0.1) is 17.6 Å². The Morgan fingerprint density at radius 3 is 2.90 bits per heavy atom. The van der Waals surface area contributed by atoms with Gasteiger partial charge in [0.25, 0.3) is 0 Å². The third-order valence-electron chi connectivity index (χ3n) is 3.93. The molecule has 0 aliphatic rings. The van der Waals surface area contributed by atoms with Crippen LogP contribution in [0.15, 0.2) is 29.6 Å². The zero-order valence-corrected chi connectivity index (χ0v) is 13.6. The minimum Gasteiger partial charge on any atom is -0.341 e. The van der Waals surface area contributed by atoms with Gasteiger partial charge in [-0.15, -0.1) is 11.3 Å². The number of H-pyrrole nitrogens is 1. The molecule has 0 aliphatic heterocycles. The average molecular weight is 299 g/mol. The van der Waals surface area contributed by atoms with E-state index in [1.54, 1.807) is 0 Å². The monoisotopic (exact) mass is 299 g/mol. The van der Waals surface area contributed by atoms with E-state index in [1.165, 1.54) is 16.0 Å². The van der Waals surface area contributed by atoms with Gasteiger partial charge in [-0.2, -0.15) is 0 Å². The lowest BCUT2D eigenvalue weighted by atomic mass is 10.1. The first-order chi connectivity index (χ1) is 10.1. The number of aromatic nitrogens is 2. The van der Waals surface area contributed by atoms with Crippen LogP contribution < -0.4 is 5.32 Å². The van der Waals surface area contributed by atoms with E-state index in [0.717, 1.165) is 29.8 Å². The number of fused-ring (bicyclic) bond motifs is 1. The van der Waals surface area contributed by atoms with Crippen molar-refractivity contribution in [2.24, 2.45) is 0 Å². The van der Waals surface area contributed by atoms with Crippen LogP contribution in [-0.4, -0.2) is 16.0 Å². The number of aromatic amines is 1. The first-order valence-corrected chi connectivity index (χ1v) is 8.22. The molecule has 2 aromatic heterocycles. The van der Waals surface area contributed by atoms with E-state index in [1.807, 2.05) is 11.3 Å². The van der Waals surface area contributed by atoms with Crippen molar-refractivity contribution < 1.29 is 0 Å². The lowest BCUT2D eigenvalue weighted by molar-refractivity contribution is 0.539. The van der Waals surface area contributed by atoms with Gasteiger partial charge in [0.15, 0.2) is 0 Å². The van der Waals surface area contributed by atoms with Crippen LogP contribution in [0.5, 0.6) is 0 Å². The summed E-state index contributed by atoms with van der Waals surface area (Å²) in [6.07, 6.45) is 1.07. The first-order valence-electron chi connectivity index (χ1n) is 7.34. The highest BCUT2D eigenvalue weighted by atomic mass is 32.1. The van der Waals surface area contributed by atoms with Gasteiger partial charge in [0.2, 0.25) is 0 Å². The summed E-state index contributed by atoms with van der Waals surface area (Å²) in [6, 6.07) is 9.00. The number of imidazole rings is 1. The molecule has 1 atom stereocenters. The number of nitrogens with one attached hydrogen (secondary N) is 2. The molecular weight excluding hydrogens is 278 g/mol. The van der Waals surface area contributed by atoms with Crippen molar-refractivity contribution in [3.05, 3.63) is 51.5 Å². The summed E-state index contributed by atoms with van der Waals surface area (Å²) in [5, 5.41) is 5.68. The second kappa shape index (κ2) is 6.00. The second-order valence-corrected chi connectivity index (χ2v) is 6.68. The zero-order valence-electron chi connectivity index (χ0n) is 12.7. The van der Waals surface area contributed by atoms with Gasteiger partial charge < -0.3 is 10.3 Å². The molecule has 3 aromatic rings. The molecule has 0 saturated carbocycles. The summed E-state index contributed by atoms with van der Waals surface area (Å²) in [6.45, 7) is 7.26.